The van der Waals surface area contributed by atoms with Crippen LogP contribution in [-0.2, 0) is 11.2 Å². The molecule has 0 amide bonds. The van der Waals surface area contributed by atoms with Gasteiger partial charge in [0.05, 0.1) is 6.54 Å². The van der Waals surface area contributed by atoms with Gasteiger partial charge in [0, 0.05) is 30.1 Å². The zero-order valence-corrected chi connectivity index (χ0v) is 10.5. The fourth-order valence-corrected chi connectivity index (χ4v) is 2.72. The van der Waals surface area contributed by atoms with Crippen LogP contribution in [0.5, 0.6) is 0 Å². The molecule has 1 aromatic heterocycles. The van der Waals surface area contributed by atoms with E-state index in [0.717, 1.165) is 32.4 Å². The maximum atomic E-state index is 11.4. The first-order valence-corrected chi connectivity index (χ1v) is 6.62. The van der Waals surface area contributed by atoms with E-state index >= 15 is 0 Å². The van der Waals surface area contributed by atoms with Gasteiger partial charge in [-0.2, -0.15) is 0 Å². The highest BCUT2D eigenvalue weighted by Gasteiger charge is 2.16. The summed E-state index contributed by atoms with van der Waals surface area (Å²) in [7, 11) is 0. The number of fused-ring (bicyclic) bond motifs is 1. The zero-order chi connectivity index (χ0) is 12.4. The lowest BCUT2D eigenvalue weighted by atomic mass is 10.1. The summed E-state index contributed by atoms with van der Waals surface area (Å²) in [6.45, 7) is 2.68. The molecule has 3 rings (SSSR count). The first-order valence-electron chi connectivity index (χ1n) is 6.62. The number of nitrogens with one attached hydrogen (secondary N) is 1. The average molecular weight is 242 g/mol. The number of aromatic nitrogens is 1. The summed E-state index contributed by atoms with van der Waals surface area (Å²) in [5.41, 5.74) is 2.55. The molecule has 0 radical (unpaired) electrons. The highest BCUT2D eigenvalue weighted by atomic mass is 16.1. The van der Waals surface area contributed by atoms with Crippen LogP contribution < -0.4 is 0 Å². The van der Waals surface area contributed by atoms with Crippen molar-refractivity contribution >= 4 is 16.7 Å². The molecule has 2 heterocycles. The number of H-pyrrole nitrogens is 1. The van der Waals surface area contributed by atoms with Gasteiger partial charge in [-0.1, -0.05) is 18.2 Å². The Bertz CT molecular complexity index is 558. The van der Waals surface area contributed by atoms with Crippen LogP contribution in [0.1, 0.15) is 18.4 Å². The molecular weight excluding hydrogens is 224 g/mol. The Morgan fingerprint density at radius 1 is 1.28 bits per heavy atom. The molecule has 1 fully saturated rings. The maximum absolute atomic E-state index is 11.4. The molecule has 94 valence electrons. The molecule has 1 aliphatic heterocycles. The van der Waals surface area contributed by atoms with E-state index in [4.69, 9.17) is 0 Å². The largest absolute Gasteiger partial charge is 0.361 e. The number of hydrogen-bond donors (Lipinski definition) is 1. The lowest BCUT2D eigenvalue weighted by Crippen LogP contribution is -2.36. The Labute approximate surface area is 107 Å². The van der Waals surface area contributed by atoms with Gasteiger partial charge in [-0.15, -0.1) is 0 Å². The number of para-hydroxylation sites is 1. The second-order valence-electron chi connectivity index (χ2n) is 5.03. The molecule has 3 nitrogen and oxygen atoms in total. The first kappa shape index (κ1) is 11.5. The van der Waals surface area contributed by atoms with Gasteiger partial charge < -0.3 is 4.98 Å². The van der Waals surface area contributed by atoms with Crippen molar-refractivity contribution in [3.63, 3.8) is 0 Å². The first-order chi connectivity index (χ1) is 8.83. The molecule has 0 bridgehead atoms. The third-order valence-corrected chi connectivity index (χ3v) is 3.70. The quantitative estimate of drug-likeness (QED) is 0.897. The van der Waals surface area contributed by atoms with Crippen molar-refractivity contribution in [2.24, 2.45) is 0 Å². The summed E-state index contributed by atoms with van der Waals surface area (Å²) >= 11 is 0. The zero-order valence-electron chi connectivity index (χ0n) is 10.5. The Hall–Kier alpha value is -1.61. The Morgan fingerprint density at radius 3 is 3.06 bits per heavy atom. The minimum atomic E-state index is 0.389. The van der Waals surface area contributed by atoms with Gasteiger partial charge in [0.15, 0.2) is 0 Å². The van der Waals surface area contributed by atoms with Crippen LogP contribution in [0.15, 0.2) is 30.5 Å². The number of hydrogen-bond acceptors (Lipinski definition) is 2. The molecule has 18 heavy (non-hydrogen) atoms. The summed E-state index contributed by atoms with van der Waals surface area (Å²) in [6.07, 6.45) is 4.89. The number of ketones is 1. The van der Waals surface area contributed by atoms with E-state index in [9.17, 15) is 4.79 Å². The van der Waals surface area contributed by atoms with E-state index in [1.807, 2.05) is 6.07 Å². The molecule has 1 aliphatic rings. The number of nitrogens with zero attached hydrogens (tertiary/aromatic N) is 1. The van der Waals surface area contributed by atoms with Crippen LogP contribution in [0.4, 0.5) is 0 Å². The SMILES string of the molecule is O=C1CCCN(CCc2c[nH]c3ccccc23)C1. The highest BCUT2D eigenvalue weighted by molar-refractivity contribution is 5.83. The molecule has 0 atom stereocenters. The maximum Gasteiger partial charge on any atom is 0.146 e. The van der Waals surface area contributed by atoms with Crippen LogP contribution in [0, 0.1) is 0 Å². The van der Waals surface area contributed by atoms with Crippen LogP contribution in [0.25, 0.3) is 10.9 Å². The van der Waals surface area contributed by atoms with Crippen molar-refractivity contribution in [2.45, 2.75) is 19.3 Å². The van der Waals surface area contributed by atoms with Crippen molar-refractivity contribution < 1.29 is 4.79 Å². The lowest BCUT2D eigenvalue weighted by molar-refractivity contribution is -0.122. The number of likely N-dealkylation sites (tertiary alicyclic amines) is 1. The van der Waals surface area contributed by atoms with Gasteiger partial charge in [0.25, 0.3) is 0 Å². The summed E-state index contributed by atoms with van der Waals surface area (Å²) in [4.78, 5) is 17.0. The van der Waals surface area contributed by atoms with E-state index in [1.54, 1.807) is 0 Å². The highest BCUT2D eigenvalue weighted by Crippen LogP contribution is 2.18. The van der Waals surface area contributed by atoms with Gasteiger partial charge in [-0.3, -0.25) is 9.69 Å². The van der Waals surface area contributed by atoms with E-state index in [-0.39, 0.29) is 0 Å². The number of piperidine rings is 1. The molecule has 0 aliphatic carbocycles. The summed E-state index contributed by atoms with van der Waals surface area (Å²) in [5, 5.41) is 1.31. The van der Waals surface area contributed by atoms with E-state index in [0.29, 0.717) is 12.3 Å². The third-order valence-electron chi connectivity index (χ3n) is 3.70. The van der Waals surface area contributed by atoms with Crippen molar-refractivity contribution in [1.29, 1.82) is 0 Å². The monoisotopic (exact) mass is 242 g/mol. The lowest BCUT2D eigenvalue weighted by Gasteiger charge is -2.25. The Morgan fingerprint density at radius 2 is 2.17 bits per heavy atom. The average Bonchev–Trinajstić information content (AvgIpc) is 2.80. The Kier molecular flexibility index (Phi) is 3.15. The predicted octanol–water partition coefficient (Wildman–Crippen LogP) is 2.38. The minimum absolute atomic E-state index is 0.389. The van der Waals surface area contributed by atoms with Crippen molar-refractivity contribution in [1.82, 2.24) is 9.88 Å². The number of Topliss-reactive ketones (excluding diaryl/α,β-unsaturated/α-hetero) is 1. The number of rotatable bonds is 3. The molecule has 1 aromatic carbocycles. The molecule has 2 aromatic rings. The van der Waals surface area contributed by atoms with E-state index < -0.39 is 0 Å². The van der Waals surface area contributed by atoms with Gasteiger partial charge in [-0.25, -0.2) is 0 Å². The fourth-order valence-electron chi connectivity index (χ4n) is 2.72. The summed E-state index contributed by atoms with van der Waals surface area (Å²) in [6, 6.07) is 8.38. The second kappa shape index (κ2) is 4.94. The van der Waals surface area contributed by atoms with Crippen molar-refractivity contribution in [3.05, 3.63) is 36.0 Å². The van der Waals surface area contributed by atoms with Crippen molar-refractivity contribution in [3.8, 4) is 0 Å². The molecule has 0 unspecified atom stereocenters. The number of aromatic amines is 1. The van der Waals surface area contributed by atoms with E-state index in [1.165, 1.54) is 16.5 Å². The topological polar surface area (TPSA) is 36.1 Å². The van der Waals surface area contributed by atoms with E-state index in [2.05, 4.69) is 34.3 Å². The smallest absolute Gasteiger partial charge is 0.146 e. The number of carbonyl (C=O) groups is 1. The Balaban J connectivity index is 1.67. The number of carbonyl (C=O) groups excluding carboxylic acids is 1. The van der Waals surface area contributed by atoms with Crippen LogP contribution in [-0.4, -0.2) is 35.3 Å². The molecular formula is C15H18N2O. The van der Waals surface area contributed by atoms with Crippen LogP contribution in [0.3, 0.4) is 0 Å². The molecule has 1 N–H and O–H groups in total. The van der Waals surface area contributed by atoms with Gasteiger partial charge in [0.2, 0.25) is 0 Å². The second-order valence-corrected chi connectivity index (χ2v) is 5.03. The van der Waals surface area contributed by atoms with Gasteiger partial charge in [0.1, 0.15) is 5.78 Å². The van der Waals surface area contributed by atoms with Gasteiger partial charge in [-0.05, 0) is 31.0 Å². The molecule has 0 saturated carbocycles. The van der Waals surface area contributed by atoms with Crippen LogP contribution in [0.2, 0.25) is 0 Å². The third kappa shape index (κ3) is 2.31. The summed E-state index contributed by atoms with van der Waals surface area (Å²) in [5.74, 6) is 0.389. The predicted molar refractivity (Wildman–Crippen MR) is 72.7 cm³/mol. The summed E-state index contributed by atoms with van der Waals surface area (Å²) < 4.78 is 0. The number of benzene rings is 1. The molecule has 0 spiro atoms. The van der Waals surface area contributed by atoms with Gasteiger partial charge >= 0.3 is 0 Å². The molecule has 3 heteroatoms. The standard InChI is InChI=1S/C15H18N2O/c18-13-4-3-8-17(11-13)9-7-12-10-16-15-6-2-1-5-14(12)15/h1-2,5-6,10,16H,3-4,7-9,11H2. The normalized spacial score (nSPS) is 17.4. The fraction of sp³-hybridized carbons (Fsp3) is 0.400. The minimum Gasteiger partial charge on any atom is -0.361 e. The van der Waals surface area contributed by atoms with Crippen LogP contribution >= 0.6 is 0 Å². The van der Waals surface area contributed by atoms with Crippen molar-refractivity contribution in [2.75, 3.05) is 19.6 Å². The molecule has 1 saturated heterocycles.